The van der Waals surface area contributed by atoms with Crippen molar-refractivity contribution in [2.24, 2.45) is 11.8 Å². The molecule has 1 aliphatic carbocycles. The van der Waals surface area contributed by atoms with E-state index < -0.39 is 0 Å². The quantitative estimate of drug-likeness (QED) is 0.740. The molecule has 2 heteroatoms. The maximum atomic E-state index is 4.45. The van der Waals surface area contributed by atoms with Gasteiger partial charge in [-0.25, -0.2) is 4.98 Å². The summed E-state index contributed by atoms with van der Waals surface area (Å²) in [6.07, 6.45) is 6.69. The lowest BCUT2D eigenvalue weighted by molar-refractivity contribution is 0.383. The fourth-order valence-corrected chi connectivity index (χ4v) is 3.00. The maximum absolute atomic E-state index is 4.45. The van der Waals surface area contributed by atoms with Gasteiger partial charge in [0, 0.05) is 4.88 Å². The first-order valence-corrected chi connectivity index (χ1v) is 6.55. The minimum absolute atomic E-state index is 0.854. The topological polar surface area (TPSA) is 12.9 Å². The third-order valence-corrected chi connectivity index (χ3v) is 4.07. The molecule has 1 aliphatic rings. The van der Waals surface area contributed by atoms with E-state index in [0.29, 0.717) is 0 Å². The van der Waals surface area contributed by atoms with E-state index in [9.17, 15) is 0 Å². The van der Waals surface area contributed by atoms with E-state index in [0.717, 1.165) is 11.8 Å². The zero-order valence-corrected chi connectivity index (χ0v) is 9.94. The molecular weight excluding hydrogens is 190 g/mol. The van der Waals surface area contributed by atoms with Crippen molar-refractivity contribution in [1.82, 2.24) is 4.98 Å². The molecule has 0 radical (unpaired) electrons. The van der Waals surface area contributed by atoms with E-state index >= 15 is 0 Å². The zero-order valence-electron chi connectivity index (χ0n) is 9.12. The SMILES string of the molecule is CC(C)CCC1CCc2scnc2C1. The van der Waals surface area contributed by atoms with Crippen LogP contribution in [-0.4, -0.2) is 4.98 Å². The molecule has 2 rings (SSSR count). The van der Waals surface area contributed by atoms with Gasteiger partial charge in [-0.05, 0) is 37.5 Å². The van der Waals surface area contributed by atoms with Crippen molar-refractivity contribution in [3.8, 4) is 0 Å². The van der Waals surface area contributed by atoms with Crippen LogP contribution in [-0.2, 0) is 12.8 Å². The van der Waals surface area contributed by atoms with Crippen LogP contribution in [0.2, 0.25) is 0 Å². The number of fused-ring (bicyclic) bond motifs is 1. The lowest BCUT2D eigenvalue weighted by atomic mass is 9.86. The van der Waals surface area contributed by atoms with Crippen LogP contribution in [0.15, 0.2) is 5.51 Å². The summed E-state index contributed by atoms with van der Waals surface area (Å²) >= 11 is 1.84. The van der Waals surface area contributed by atoms with Gasteiger partial charge in [0.05, 0.1) is 11.2 Å². The predicted molar refractivity (Wildman–Crippen MR) is 61.7 cm³/mol. The molecule has 1 heterocycles. The van der Waals surface area contributed by atoms with E-state index in [4.69, 9.17) is 0 Å². The second-order valence-corrected chi connectivity index (χ2v) is 5.74. The van der Waals surface area contributed by atoms with E-state index in [1.807, 2.05) is 16.8 Å². The number of hydrogen-bond donors (Lipinski definition) is 0. The largest absolute Gasteiger partial charge is 0.249 e. The van der Waals surface area contributed by atoms with Gasteiger partial charge in [-0.1, -0.05) is 20.3 Å². The van der Waals surface area contributed by atoms with Crippen molar-refractivity contribution in [3.63, 3.8) is 0 Å². The van der Waals surface area contributed by atoms with Gasteiger partial charge in [0.1, 0.15) is 0 Å². The molecule has 0 saturated carbocycles. The Morgan fingerprint density at radius 2 is 2.43 bits per heavy atom. The van der Waals surface area contributed by atoms with Gasteiger partial charge in [0.25, 0.3) is 0 Å². The lowest BCUT2D eigenvalue weighted by Gasteiger charge is -2.21. The van der Waals surface area contributed by atoms with Crippen LogP contribution < -0.4 is 0 Å². The number of aryl methyl sites for hydroxylation is 1. The van der Waals surface area contributed by atoms with E-state index in [1.165, 1.54) is 37.8 Å². The number of hydrogen-bond acceptors (Lipinski definition) is 2. The second-order valence-electron chi connectivity index (χ2n) is 4.80. The molecule has 0 spiro atoms. The fraction of sp³-hybridized carbons (Fsp3) is 0.750. The highest BCUT2D eigenvalue weighted by Gasteiger charge is 2.20. The zero-order chi connectivity index (χ0) is 9.97. The second kappa shape index (κ2) is 4.43. The number of thiazole rings is 1. The van der Waals surface area contributed by atoms with Crippen LogP contribution in [0.1, 0.15) is 43.7 Å². The van der Waals surface area contributed by atoms with Crippen LogP contribution >= 0.6 is 11.3 Å². The van der Waals surface area contributed by atoms with Crippen molar-refractivity contribution >= 4 is 11.3 Å². The molecule has 0 N–H and O–H groups in total. The van der Waals surface area contributed by atoms with E-state index in [-0.39, 0.29) is 0 Å². The minimum atomic E-state index is 0.854. The van der Waals surface area contributed by atoms with E-state index in [1.54, 1.807) is 4.88 Å². The van der Waals surface area contributed by atoms with Crippen molar-refractivity contribution in [2.45, 2.75) is 46.0 Å². The Hall–Kier alpha value is -0.370. The fourth-order valence-electron chi connectivity index (χ4n) is 2.19. The number of rotatable bonds is 3. The summed E-state index contributed by atoms with van der Waals surface area (Å²) in [4.78, 5) is 6.00. The third-order valence-electron chi connectivity index (χ3n) is 3.14. The monoisotopic (exact) mass is 209 g/mol. The Morgan fingerprint density at radius 3 is 3.21 bits per heavy atom. The molecule has 1 unspecified atom stereocenters. The first-order valence-electron chi connectivity index (χ1n) is 5.67. The molecule has 14 heavy (non-hydrogen) atoms. The van der Waals surface area contributed by atoms with Crippen molar-refractivity contribution in [1.29, 1.82) is 0 Å². The lowest BCUT2D eigenvalue weighted by Crippen LogP contribution is -2.13. The maximum Gasteiger partial charge on any atom is 0.0797 e. The van der Waals surface area contributed by atoms with Gasteiger partial charge in [-0.15, -0.1) is 11.3 Å². The average Bonchev–Trinajstić information content (AvgIpc) is 2.61. The van der Waals surface area contributed by atoms with Crippen LogP contribution in [0.3, 0.4) is 0 Å². The highest BCUT2D eigenvalue weighted by Crippen LogP contribution is 2.30. The third kappa shape index (κ3) is 2.35. The summed E-state index contributed by atoms with van der Waals surface area (Å²) in [5.41, 5.74) is 3.41. The molecule has 0 fully saturated rings. The summed E-state index contributed by atoms with van der Waals surface area (Å²) in [6, 6.07) is 0. The van der Waals surface area contributed by atoms with Crippen molar-refractivity contribution < 1.29 is 0 Å². The van der Waals surface area contributed by atoms with Crippen LogP contribution in [0.4, 0.5) is 0 Å². The standard InChI is InChI=1S/C12H19NS/c1-9(2)3-4-10-5-6-12-11(7-10)13-8-14-12/h8-10H,3-7H2,1-2H3. The van der Waals surface area contributed by atoms with Crippen molar-refractivity contribution in [2.75, 3.05) is 0 Å². The van der Waals surface area contributed by atoms with Gasteiger partial charge >= 0.3 is 0 Å². The van der Waals surface area contributed by atoms with Gasteiger partial charge < -0.3 is 0 Å². The molecule has 78 valence electrons. The van der Waals surface area contributed by atoms with Crippen LogP contribution in [0, 0.1) is 11.8 Å². The molecule has 0 saturated heterocycles. The molecule has 1 atom stereocenters. The highest BCUT2D eigenvalue weighted by atomic mass is 32.1. The van der Waals surface area contributed by atoms with Crippen molar-refractivity contribution in [3.05, 3.63) is 16.1 Å². The Morgan fingerprint density at radius 1 is 1.57 bits per heavy atom. The summed E-state index contributed by atoms with van der Waals surface area (Å²) in [5, 5.41) is 0. The first-order chi connectivity index (χ1) is 6.75. The first kappa shape index (κ1) is 10.2. The Bertz CT molecular complexity index is 290. The predicted octanol–water partition coefficient (Wildman–Crippen LogP) is 3.68. The number of nitrogens with zero attached hydrogens (tertiary/aromatic N) is 1. The Balaban J connectivity index is 1.88. The molecule has 0 bridgehead atoms. The average molecular weight is 209 g/mol. The minimum Gasteiger partial charge on any atom is -0.249 e. The Kier molecular flexibility index (Phi) is 3.22. The Labute approximate surface area is 90.6 Å². The van der Waals surface area contributed by atoms with Gasteiger partial charge in [0.2, 0.25) is 0 Å². The molecular formula is C12H19NS. The summed E-state index contributed by atoms with van der Waals surface area (Å²) in [5.74, 6) is 1.76. The molecule has 1 nitrogen and oxygen atoms in total. The summed E-state index contributed by atoms with van der Waals surface area (Å²) < 4.78 is 0. The normalized spacial score (nSPS) is 21.2. The van der Waals surface area contributed by atoms with Gasteiger partial charge in [-0.3, -0.25) is 0 Å². The molecule has 0 amide bonds. The van der Waals surface area contributed by atoms with E-state index in [2.05, 4.69) is 18.8 Å². The van der Waals surface area contributed by atoms with Gasteiger partial charge in [0.15, 0.2) is 0 Å². The van der Waals surface area contributed by atoms with Crippen LogP contribution in [0.5, 0.6) is 0 Å². The highest BCUT2D eigenvalue weighted by molar-refractivity contribution is 7.09. The smallest absolute Gasteiger partial charge is 0.0797 e. The molecule has 0 aromatic carbocycles. The molecule has 1 aromatic rings. The van der Waals surface area contributed by atoms with Gasteiger partial charge in [-0.2, -0.15) is 0 Å². The van der Waals surface area contributed by atoms with Crippen LogP contribution in [0.25, 0.3) is 0 Å². The summed E-state index contributed by atoms with van der Waals surface area (Å²) in [6.45, 7) is 4.63. The molecule has 0 aliphatic heterocycles. The summed E-state index contributed by atoms with van der Waals surface area (Å²) in [7, 11) is 0. The molecule has 1 aromatic heterocycles. The number of aromatic nitrogens is 1.